The number of nitrogens with one attached hydrogen (secondary N) is 1. The van der Waals surface area contributed by atoms with E-state index in [1.54, 1.807) is 12.1 Å². The van der Waals surface area contributed by atoms with Crippen LogP contribution < -0.4 is 10.1 Å². The molecule has 0 radical (unpaired) electrons. The molecule has 3 rings (SSSR count). The normalized spacial score (nSPS) is 15.8. The largest absolute Gasteiger partial charge is 0.478 e. The lowest BCUT2D eigenvalue weighted by Gasteiger charge is -2.26. The van der Waals surface area contributed by atoms with Crippen molar-refractivity contribution in [3.05, 3.63) is 65.5 Å². The van der Waals surface area contributed by atoms with Crippen LogP contribution in [0, 0.1) is 5.82 Å². The average Bonchev–Trinajstić information content (AvgIpc) is 2.72. The van der Waals surface area contributed by atoms with Crippen LogP contribution in [0.25, 0.3) is 0 Å². The van der Waals surface area contributed by atoms with Gasteiger partial charge in [-0.1, -0.05) is 43.3 Å². The summed E-state index contributed by atoms with van der Waals surface area (Å²) in [6.45, 7) is 6.55. The molecule has 0 unspecified atom stereocenters. The number of nitrogens with zero attached hydrogens (tertiary/aromatic N) is 1. The van der Waals surface area contributed by atoms with Crippen LogP contribution in [0.15, 0.2) is 48.5 Å². The smallest absolute Gasteiger partial charge is 0.261 e. The van der Waals surface area contributed by atoms with Gasteiger partial charge in [0.1, 0.15) is 0 Å². The second kappa shape index (κ2) is 10.2. The number of para-hydroxylation sites is 1. The number of morpholine rings is 1. The maximum absolute atomic E-state index is 13.8. The third kappa shape index (κ3) is 5.78. The molecular formula is C22H27FN2O3. The topological polar surface area (TPSA) is 50.8 Å². The minimum atomic E-state index is -0.728. The number of ether oxygens (including phenoxy) is 2. The van der Waals surface area contributed by atoms with Crippen LogP contribution >= 0.6 is 0 Å². The molecule has 0 aliphatic carbocycles. The number of carbonyl (C=O) groups is 1. The van der Waals surface area contributed by atoms with Crippen LogP contribution in [0.4, 0.5) is 4.39 Å². The summed E-state index contributed by atoms with van der Waals surface area (Å²) in [6, 6.07) is 14.3. The highest BCUT2D eigenvalue weighted by atomic mass is 19.1. The Morgan fingerprint density at radius 3 is 2.68 bits per heavy atom. The predicted octanol–water partition coefficient (Wildman–Crippen LogP) is 3.13. The molecule has 1 fully saturated rings. The Morgan fingerprint density at radius 1 is 1.18 bits per heavy atom. The van der Waals surface area contributed by atoms with Crippen LogP contribution in [0.3, 0.4) is 0 Å². The van der Waals surface area contributed by atoms with Gasteiger partial charge in [-0.3, -0.25) is 9.69 Å². The van der Waals surface area contributed by atoms with Crippen LogP contribution in [0.1, 0.15) is 24.5 Å². The first-order chi connectivity index (χ1) is 13.7. The zero-order chi connectivity index (χ0) is 19.8. The Labute approximate surface area is 165 Å². The molecule has 0 saturated carbocycles. The van der Waals surface area contributed by atoms with Crippen molar-refractivity contribution >= 4 is 5.91 Å². The second-order valence-electron chi connectivity index (χ2n) is 6.87. The van der Waals surface area contributed by atoms with Gasteiger partial charge in [0.05, 0.1) is 13.2 Å². The number of benzene rings is 2. The molecule has 0 aromatic heterocycles. The molecule has 5 nitrogen and oxygen atoms in total. The highest BCUT2D eigenvalue weighted by Crippen LogP contribution is 2.18. The summed E-state index contributed by atoms with van der Waals surface area (Å²) in [4.78, 5) is 14.8. The first-order valence-electron chi connectivity index (χ1n) is 9.72. The lowest BCUT2D eigenvalue weighted by Crippen LogP contribution is -2.37. The van der Waals surface area contributed by atoms with Gasteiger partial charge in [0.15, 0.2) is 17.7 Å². The van der Waals surface area contributed by atoms with Gasteiger partial charge in [0.2, 0.25) is 0 Å². The van der Waals surface area contributed by atoms with Crippen LogP contribution in [0.2, 0.25) is 0 Å². The van der Waals surface area contributed by atoms with E-state index in [9.17, 15) is 9.18 Å². The Bertz CT molecular complexity index is 778. The van der Waals surface area contributed by atoms with Crippen molar-refractivity contribution in [2.24, 2.45) is 0 Å². The molecule has 1 atom stereocenters. The number of hydrogen-bond acceptors (Lipinski definition) is 4. The van der Waals surface area contributed by atoms with Gasteiger partial charge in [-0.15, -0.1) is 0 Å². The van der Waals surface area contributed by atoms with Gasteiger partial charge < -0.3 is 14.8 Å². The summed E-state index contributed by atoms with van der Waals surface area (Å²) in [7, 11) is 0. The van der Waals surface area contributed by atoms with E-state index in [1.807, 2.05) is 19.1 Å². The summed E-state index contributed by atoms with van der Waals surface area (Å²) in [6.07, 6.45) is -0.273. The first-order valence-corrected chi connectivity index (χ1v) is 9.72. The van der Waals surface area contributed by atoms with Crippen molar-refractivity contribution in [3.63, 3.8) is 0 Å². The zero-order valence-electron chi connectivity index (χ0n) is 16.2. The number of amides is 1. The summed E-state index contributed by atoms with van der Waals surface area (Å²) in [5.74, 6) is -0.620. The van der Waals surface area contributed by atoms with Gasteiger partial charge in [-0.05, 0) is 29.7 Å². The third-order valence-electron chi connectivity index (χ3n) is 4.74. The molecule has 1 N–H and O–H groups in total. The minimum Gasteiger partial charge on any atom is -0.478 e. The molecule has 6 heteroatoms. The molecule has 28 heavy (non-hydrogen) atoms. The van der Waals surface area contributed by atoms with Crippen molar-refractivity contribution in [1.29, 1.82) is 0 Å². The Morgan fingerprint density at radius 2 is 1.93 bits per heavy atom. The fourth-order valence-corrected chi connectivity index (χ4v) is 3.17. The van der Waals surface area contributed by atoms with E-state index >= 15 is 0 Å². The summed E-state index contributed by atoms with van der Waals surface area (Å²) < 4.78 is 24.7. The van der Waals surface area contributed by atoms with Crippen molar-refractivity contribution in [1.82, 2.24) is 10.2 Å². The number of halogens is 1. The van der Waals surface area contributed by atoms with Crippen LogP contribution in [-0.4, -0.2) is 43.2 Å². The standard InChI is InChI=1S/C22H27FN2O3/c1-2-20(28-21-9-4-3-8-19(21)23)22(26)24-15-17-6-5-7-18(14-17)16-25-10-12-27-13-11-25/h3-9,14,20H,2,10-13,15-16H2,1H3,(H,24,26)/t20-/m0/s1. The molecule has 150 valence electrons. The summed E-state index contributed by atoms with van der Waals surface area (Å²) >= 11 is 0. The van der Waals surface area contributed by atoms with E-state index in [0.29, 0.717) is 13.0 Å². The summed E-state index contributed by atoms with van der Waals surface area (Å²) in [5.41, 5.74) is 2.24. The lowest BCUT2D eigenvalue weighted by molar-refractivity contribution is -0.128. The Kier molecular flexibility index (Phi) is 7.39. The van der Waals surface area contributed by atoms with E-state index in [2.05, 4.69) is 22.3 Å². The summed E-state index contributed by atoms with van der Waals surface area (Å²) in [5, 5.41) is 2.90. The third-order valence-corrected chi connectivity index (χ3v) is 4.74. The maximum Gasteiger partial charge on any atom is 0.261 e. The van der Waals surface area contributed by atoms with Gasteiger partial charge >= 0.3 is 0 Å². The van der Waals surface area contributed by atoms with Gasteiger partial charge in [0.25, 0.3) is 5.91 Å². The molecule has 1 aliphatic heterocycles. The van der Waals surface area contributed by atoms with E-state index < -0.39 is 11.9 Å². The molecule has 2 aromatic carbocycles. The fourth-order valence-electron chi connectivity index (χ4n) is 3.17. The molecule has 1 heterocycles. The minimum absolute atomic E-state index is 0.0945. The van der Waals surface area contributed by atoms with Crippen molar-refractivity contribution in [3.8, 4) is 5.75 Å². The zero-order valence-corrected chi connectivity index (χ0v) is 16.2. The SMILES string of the molecule is CC[C@H](Oc1ccccc1F)C(=O)NCc1cccc(CN2CCOCC2)c1. The molecule has 1 aliphatic rings. The number of rotatable bonds is 8. The highest BCUT2D eigenvalue weighted by molar-refractivity contribution is 5.81. The Hall–Kier alpha value is -2.44. The van der Waals surface area contributed by atoms with Crippen molar-refractivity contribution in [2.75, 3.05) is 26.3 Å². The first kappa shape index (κ1) is 20.3. The van der Waals surface area contributed by atoms with Gasteiger partial charge in [-0.25, -0.2) is 4.39 Å². The second-order valence-corrected chi connectivity index (χ2v) is 6.87. The van der Waals surface area contributed by atoms with E-state index in [1.165, 1.54) is 17.7 Å². The van der Waals surface area contributed by atoms with Crippen LogP contribution in [-0.2, 0) is 22.6 Å². The van der Waals surface area contributed by atoms with E-state index in [0.717, 1.165) is 38.4 Å². The quantitative estimate of drug-likeness (QED) is 0.757. The number of carbonyl (C=O) groups excluding carboxylic acids is 1. The molecule has 1 amide bonds. The molecule has 2 aromatic rings. The predicted molar refractivity (Wildman–Crippen MR) is 105 cm³/mol. The van der Waals surface area contributed by atoms with E-state index in [-0.39, 0.29) is 11.7 Å². The number of hydrogen-bond donors (Lipinski definition) is 1. The highest BCUT2D eigenvalue weighted by Gasteiger charge is 2.19. The van der Waals surface area contributed by atoms with Crippen molar-refractivity contribution < 1.29 is 18.7 Å². The van der Waals surface area contributed by atoms with Gasteiger partial charge in [0, 0.05) is 26.2 Å². The molecular weight excluding hydrogens is 359 g/mol. The van der Waals surface area contributed by atoms with Crippen molar-refractivity contribution in [2.45, 2.75) is 32.5 Å². The Balaban J connectivity index is 1.54. The molecule has 1 saturated heterocycles. The molecule has 0 spiro atoms. The van der Waals surface area contributed by atoms with Crippen LogP contribution in [0.5, 0.6) is 5.75 Å². The average molecular weight is 386 g/mol. The fraction of sp³-hybridized carbons (Fsp3) is 0.409. The lowest BCUT2D eigenvalue weighted by atomic mass is 10.1. The maximum atomic E-state index is 13.8. The monoisotopic (exact) mass is 386 g/mol. The van der Waals surface area contributed by atoms with Gasteiger partial charge in [-0.2, -0.15) is 0 Å². The molecule has 0 bridgehead atoms. The van der Waals surface area contributed by atoms with E-state index in [4.69, 9.17) is 9.47 Å².